The van der Waals surface area contributed by atoms with E-state index in [2.05, 4.69) is 4.98 Å². The van der Waals surface area contributed by atoms with Gasteiger partial charge in [0.15, 0.2) is 0 Å². The second-order valence-electron chi connectivity index (χ2n) is 5.69. The number of thioether (sulfide) groups is 1. The van der Waals surface area contributed by atoms with Gasteiger partial charge in [-0.1, -0.05) is 29.8 Å². The highest BCUT2D eigenvalue weighted by molar-refractivity contribution is 8.00. The number of methoxy groups -OCH3 is 1. The average Bonchev–Trinajstić information content (AvgIpc) is 3.02. The number of pyridine rings is 1. The third kappa shape index (κ3) is 2.94. The quantitative estimate of drug-likeness (QED) is 0.628. The van der Waals surface area contributed by atoms with Gasteiger partial charge in [0.05, 0.1) is 18.4 Å². The Kier molecular flexibility index (Phi) is 4.27. The van der Waals surface area contributed by atoms with Crippen LogP contribution in [-0.4, -0.2) is 23.8 Å². The molecule has 4 nitrogen and oxygen atoms in total. The Morgan fingerprint density at radius 2 is 2.00 bits per heavy atom. The number of hydrogen-bond donors (Lipinski definition) is 0. The summed E-state index contributed by atoms with van der Waals surface area (Å²) >= 11 is 8.04. The monoisotopic (exact) mass is 370 g/mol. The molecular weight excluding hydrogens is 356 g/mol. The minimum Gasteiger partial charge on any atom is -0.497 e. The Hall–Kier alpha value is -2.24. The SMILES string of the molecule is COc1ccc2cc(C3SCC(=O)N3c3ccccc3)c(Cl)nc2c1. The molecule has 0 radical (unpaired) electrons. The highest BCUT2D eigenvalue weighted by atomic mass is 35.5. The maximum Gasteiger partial charge on any atom is 0.238 e. The normalized spacial score (nSPS) is 17.3. The molecule has 1 fully saturated rings. The molecule has 0 N–H and O–H groups in total. The number of ether oxygens (including phenoxy) is 1. The van der Waals surface area contributed by atoms with Gasteiger partial charge in [-0.05, 0) is 30.3 Å². The summed E-state index contributed by atoms with van der Waals surface area (Å²) in [5.74, 6) is 1.24. The summed E-state index contributed by atoms with van der Waals surface area (Å²) in [7, 11) is 1.62. The summed E-state index contributed by atoms with van der Waals surface area (Å²) < 4.78 is 5.24. The largest absolute Gasteiger partial charge is 0.497 e. The molecule has 2 heterocycles. The molecule has 3 aromatic rings. The molecule has 2 aromatic carbocycles. The fourth-order valence-corrected chi connectivity index (χ4v) is 4.46. The van der Waals surface area contributed by atoms with E-state index in [4.69, 9.17) is 16.3 Å². The van der Waals surface area contributed by atoms with Crippen molar-refractivity contribution in [3.05, 3.63) is 65.3 Å². The predicted octanol–water partition coefficient (Wildman–Crippen LogP) is 4.68. The van der Waals surface area contributed by atoms with E-state index in [1.807, 2.05) is 54.6 Å². The molecule has 1 aromatic heterocycles. The molecule has 0 aliphatic carbocycles. The van der Waals surface area contributed by atoms with Gasteiger partial charge in [-0.2, -0.15) is 0 Å². The van der Waals surface area contributed by atoms with Crippen molar-refractivity contribution in [2.24, 2.45) is 0 Å². The van der Waals surface area contributed by atoms with Crippen molar-refractivity contribution in [1.82, 2.24) is 4.98 Å². The van der Waals surface area contributed by atoms with Gasteiger partial charge in [-0.25, -0.2) is 4.98 Å². The van der Waals surface area contributed by atoms with E-state index in [-0.39, 0.29) is 11.3 Å². The number of halogens is 1. The summed E-state index contributed by atoms with van der Waals surface area (Å²) in [4.78, 5) is 18.8. The number of amides is 1. The van der Waals surface area contributed by atoms with Crippen LogP contribution in [0, 0.1) is 0 Å². The van der Waals surface area contributed by atoms with E-state index in [0.29, 0.717) is 10.9 Å². The van der Waals surface area contributed by atoms with Crippen molar-refractivity contribution in [2.75, 3.05) is 17.8 Å². The molecule has 4 rings (SSSR count). The van der Waals surface area contributed by atoms with Crippen LogP contribution >= 0.6 is 23.4 Å². The van der Waals surface area contributed by atoms with Crippen LogP contribution in [0.2, 0.25) is 5.15 Å². The highest BCUT2D eigenvalue weighted by Gasteiger charge is 2.35. The Labute approximate surface area is 154 Å². The standard InChI is InChI=1S/C19H15ClN2O2S/c1-24-14-8-7-12-9-15(18(20)21-16(12)10-14)19-22(17(23)11-25-19)13-5-3-2-4-6-13/h2-10,19H,11H2,1H3. The minimum absolute atomic E-state index is 0.0760. The number of hydrogen-bond acceptors (Lipinski definition) is 4. The predicted molar refractivity (Wildman–Crippen MR) is 102 cm³/mol. The first-order valence-electron chi connectivity index (χ1n) is 7.80. The highest BCUT2D eigenvalue weighted by Crippen LogP contribution is 2.44. The number of nitrogens with zero attached hydrogens (tertiary/aromatic N) is 2. The molecule has 0 bridgehead atoms. The number of benzene rings is 2. The molecule has 0 spiro atoms. The van der Waals surface area contributed by atoms with Crippen LogP contribution in [0.5, 0.6) is 5.75 Å². The third-order valence-corrected chi connectivity index (χ3v) is 5.67. The zero-order valence-corrected chi connectivity index (χ0v) is 15.1. The third-order valence-electron chi connectivity index (χ3n) is 4.17. The summed E-state index contributed by atoms with van der Waals surface area (Å²) in [6, 6.07) is 17.4. The molecule has 0 saturated carbocycles. The van der Waals surface area contributed by atoms with Crippen molar-refractivity contribution >= 4 is 45.9 Å². The van der Waals surface area contributed by atoms with Crippen LogP contribution in [0.15, 0.2) is 54.6 Å². The average molecular weight is 371 g/mol. The zero-order chi connectivity index (χ0) is 17.4. The summed E-state index contributed by atoms with van der Waals surface area (Å²) in [5, 5.41) is 1.20. The van der Waals surface area contributed by atoms with Crippen LogP contribution < -0.4 is 9.64 Å². The fourth-order valence-electron chi connectivity index (χ4n) is 2.96. The van der Waals surface area contributed by atoms with Gasteiger partial charge in [0.2, 0.25) is 5.91 Å². The zero-order valence-electron chi connectivity index (χ0n) is 13.5. The number of carbonyl (C=O) groups is 1. The lowest BCUT2D eigenvalue weighted by atomic mass is 10.1. The molecule has 25 heavy (non-hydrogen) atoms. The van der Waals surface area contributed by atoms with Gasteiger partial charge in [0, 0.05) is 22.7 Å². The number of anilines is 1. The van der Waals surface area contributed by atoms with Crippen LogP contribution in [0.1, 0.15) is 10.9 Å². The maximum atomic E-state index is 12.4. The Balaban J connectivity index is 1.80. The first-order valence-corrected chi connectivity index (χ1v) is 9.23. The first-order chi connectivity index (χ1) is 12.2. The van der Waals surface area contributed by atoms with Gasteiger partial charge < -0.3 is 4.74 Å². The molecule has 6 heteroatoms. The minimum atomic E-state index is -0.179. The second kappa shape index (κ2) is 6.58. The summed E-state index contributed by atoms with van der Waals surface area (Å²) in [5.41, 5.74) is 2.49. The van der Waals surface area contributed by atoms with Crippen molar-refractivity contribution < 1.29 is 9.53 Å². The summed E-state index contributed by atoms with van der Waals surface area (Å²) in [6.45, 7) is 0. The molecule has 1 unspecified atom stereocenters. The van der Waals surface area contributed by atoms with Gasteiger partial charge in [0.1, 0.15) is 16.3 Å². The van der Waals surface area contributed by atoms with E-state index in [1.54, 1.807) is 23.8 Å². The summed E-state index contributed by atoms with van der Waals surface area (Å²) in [6.07, 6.45) is 0. The van der Waals surface area contributed by atoms with Crippen molar-refractivity contribution in [2.45, 2.75) is 5.37 Å². The van der Waals surface area contributed by atoms with Crippen LogP contribution in [0.4, 0.5) is 5.69 Å². The number of para-hydroxylation sites is 1. The molecule has 1 saturated heterocycles. The van der Waals surface area contributed by atoms with E-state index in [9.17, 15) is 4.79 Å². The van der Waals surface area contributed by atoms with Crippen LogP contribution in [-0.2, 0) is 4.79 Å². The van der Waals surface area contributed by atoms with E-state index in [1.165, 1.54) is 0 Å². The lowest BCUT2D eigenvalue weighted by molar-refractivity contribution is -0.115. The fraction of sp³-hybridized carbons (Fsp3) is 0.158. The van der Waals surface area contributed by atoms with Crippen molar-refractivity contribution in [1.29, 1.82) is 0 Å². The van der Waals surface area contributed by atoms with Crippen molar-refractivity contribution in [3.8, 4) is 5.75 Å². The molecule has 1 aliphatic heterocycles. The van der Waals surface area contributed by atoms with Crippen LogP contribution in [0.3, 0.4) is 0 Å². The number of aromatic nitrogens is 1. The van der Waals surface area contributed by atoms with Crippen molar-refractivity contribution in [3.63, 3.8) is 0 Å². The van der Waals surface area contributed by atoms with Crippen LogP contribution in [0.25, 0.3) is 10.9 Å². The number of carbonyl (C=O) groups excluding carboxylic acids is 1. The van der Waals surface area contributed by atoms with Gasteiger partial charge in [0.25, 0.3) is 0 Å². The van der Waals surface area contributed by atoms with Gasteiger partial charge in [-0.3, -0.25) is 9.69 Å². The van der Waals surface area contributed by atoms with Gasteiger partial charge >= 0.3 is 0 Å². The Morgan fingerprint density at radius 1 is 1.20 bits per heavy atom. The first kappa shape index (κ1) is 16.2. The number of rotatable bonds is 3. The smallest absolute Gasteiger partial charge is 0.238 e. The molecule has 1 aliphatic rings. The Bertz CT molecular complexity index is 949. The lowest BCUT2D eigenvalue weighted by Gasteiger charge is -2.25. The topological polar surface area (TPSA) is 42.4 Å². The lowest BCUT2D eigenvalue weighted by Crippen LogP contribution is -2.28. The molecular formula is C19H15ClN2O2S. The van der Waals surface area contributed by atoms with E-state index >= 15 is 0 Å². The number of fused-ring (bicyclic) bond motifs is 1. The maximum absolute atomic E-state index is 12.4. The van der Waals surface area contributed by atoms with E-state index < -0.39 is 0 Å². The van der Waals surface area contributed by atoms with Gasteiger partial charge in [-0.15, -0.1) is 11.8 Å². The molecule has 126 valence electrons. The molecule has 1 amide bonds. The molecule has 1 atom stereocenters. The van der Waals surface area contributed by atoms with E-state index in [0.717, 1.165) is 27.9 Å². The second-order valence-corrected chi connectivity index (χ2v) is 7.12. The Morgan fingerprint density at radius 3 is 2.76 bits per heavy atom.